The van der Waals surface area contributed by atoms with Gasteiger partial charge in [0.2, 0.25) is 0 Å². The molecule has 3 nitrogen and oxygen atoms in total. The van der Waals surface area contributed by atoms with Crippen LogP contribution in [0.4, 0.5) is 17.6 Å². The highest BCUT2D eigenvalue weighted by Gasteiger charge is 2.39. The Bertz CT molecular complexity index is 327. The number of nitrogens with two attached hydrogens (primary N) is 1. The average Bonchev–Trinajstić information content (AvgIpc) is 2.65. The van der Waals surface area contributed by atoms with Crippen LogP contribution in [0.5, 0.6) is 0 Å². The van der Waals surface area contributed by atoms with Gasteiger partial charge in [-0.3, -0.25) is 0 Å². The molecule has 1 aromatic heterocycles. The lowest BCUT2D eigenvalue weighted by Crippen LogP contribution is -2.38. The first-order valence-corrected chi connectivity index (χ1v) is 4.60. The van der Waals surface area contributed by atoms with Gasteiger partial charge in [0.05, 0.1) is 19.6 Å². The lowest BCUT2D eigenvalue weighted by molar-refractivity contribution is -0.125. The summed E-state index contributed by atoms with van der Waals surface area (Å²) in [6.45, 7) is -0.932. The second-order valence-electron chi connectivity index (χ2n) is 3.24. The third kappa shape index (κ3) is 3.49. The SMILES string of the molecule is NCc1ccc(CNCC(F)(F)C(F)F)o1. The van der Waals surface area contributed by atoms with Gasteiger partial charge in [-0.25, -0.2) is 8.78 Å². The molecule has 0 unspecified atom stereocenters. The van der Waals surface area contributed by atoms with Crippen LogP contribution in [0.3, 0.4) is 0 Å². The number of alkyl halides is 4. The summed E-state index contributed by atoms with van der Waals surface area (Å²) in [5, 5.41) is 2.20. The summed E-state index contributed by atoms with van der Waals surface area (Å²) in [7, 11) is 0. The van der Waals surface area contributed by atoms with Crippen LogP contribution in [0, 0.1) is 0 Å². The lowest BCUT2D eigenvalue weighted by atomic mass is 10.3. The zero-order chi connectivity index (χ0) is 12.2. The van der Waals surface area contributed by atoms with Gasteiger partial charge in [-0.15, -0.1) is 0 Å². The number of hydrogen-bond acceptors (Lipinski definition) is 3. The Balaban J connectivity index is 2.35. The van der Waals surface area contributed by atoms with E-state index < -0.39 is 18.9 Å². The van der Waals surface area contributed by atoms with Crippen LogP contribution in [0.25, 0.3) is 0 Å². The van der Waals surface area contributed by atoms with E-state index in [2.05, 4.69) is 5.32 Å². The van der Waals surface area contributed by atoms with E-state index >= 15 is 0 Å². The topological polar surface area (TPSA) is 51.2 Å². The highest BCUT2D eigenvalue weighted by Crippen LogP contribution is 2.21. The zero-order valence-electron chi connectivity index (χ0n) is 8.35. The molecule has 0 atom stereocenters. The maximum absolute atomic E-state index is 12.5. The smallest absolute Gasteiger partial charge is 0.319 e. The number of nitrogens with one attached hydrogen (secondary N) is 1. The monoisotopic (exact) mass is 240 g/mol. The van der Waals surface area contributed by atoms with Gasteiger partial charge in [0, 0.05) is 0 Å². The van der Waals surface area contributed by atoms with Crippen molar-refractivity contribution in [1.82, 2.24) is 5.32 Å². The van der Waals surface area contributed by atoms with E-state index in [-0.39, 0.29) is 13.1 Å². The molecule has 0 aliphatic heterocycles. The minimum Gasteiger partial charge on any atom is -0.463 e. The molecule has 0 amide bonds. The van der Waals surface area contributed by atoms with Crippen molar-refractivity contribution >= 4 is 0 Å². The molecule has 1 heterocycles. The predicted octanol–water partition coefficient (Wildman–Crippen LogP) is 1.73. The fraction of sp³-hybridized carbons (Fsp3) is 0.556. The van der Waals surface area contributed by atoms with E-state index in [0.29, 0.717) is 11.5 Å². The van der Waals surface area contributed by atoms with Gasteiger partial charge in [-0.05, 0) is 12.1 Å². The van der Waals surface area contributed by atoms with Crippen molar-refractivity contribution in [2.24, 2.45) is 5.73 Å². The number of hydrogen-bond donors (Lipinski definition) is 2. The van der Waals surface area contributed by atoms with E-state index in [4.69, 9.17) is 10.2 Å². The Morgan fingerprint density at radius 3 is 2.44 bits per heavy atom. The van der Waals surface area contributed by atoms with Crippen molar-refractivity contribution in [3.8, 4) is 0 Å². The van der Waals surface area contributed by atoms with E-state index in [1.54, 1.807) is 12.1 Å². The van der Waals surface area contributed by atoms with E-state index in [0.717, 1.165) is 0 Å². The van der Waals surface area contributed by atoms with Crippen molar-refractivity contribution < 1.29 is 22.0 Å². The van der Waals surface area contributed by atoms with Crippen molar-refractivity contribution in [1.29, 1.82) is 0 Å². The molecule has 0 aliphatic rings. The molecule has 1 aromatic rings. The van der Waals surface area contributed by atoms with Gasteiger partial charge in [-0.2, -0.15) is 8.78 Å². The molecule has 0 fully saturated rings. The van der Waals surface area contributed by atoms with Crippen LogP contribution in [0.1, 0.15) is 11.5 Å². The summed E-state index contributed by atoms with van der Waals surface area (Å²) in [5.41, 5.74) is 5.27. The maximum atomic E-state index is 12.5. The summed E-state index contributed by atoms with van der Waals surface area (Å²) in [4.78, 5) is 0. The Morgan fingerprint density at radius 1 is 1.31 bits per heavy atom. The minimum atomic E-state index is -4.02. The Labute approximate surface area is 89.6 Å². The van der Waals surface area contributed by atoms with Gasteiger partial charge >= 0.3 is 12.3 Å². The van der Waals surface area contributed by atoms with Crippen LogP contribution < -0.4 is 11.1 Å². The lowest BCUT2D eigenvalue weighted by Gasteiger charge is -2.15. The number of halogens is 4. The van der Waals surface area contributed by atoms with Crippen LogP contribution >= 0.6 is 0 Å². The zero-order valence-corrected chi connectivity index (χ0v) is 8.35. The molecule has 0 saturated carbocycles. The molecule has 1 rings (SSSR count). The third-order valence-electron chi connectivity index (χ3n) is 1.90. The fourth-order valence-corrected chi connectivity index (χ4v) is 1.06. The molecule has 0 aliphatic carbocycles. The van der Waals surface area contributed by atoms with Crippen LogP contribution in [0.15, 0.2) is 16.5 Å². The van der Waals surface area contributed by atoms with Crippen LogP contribution in [-0.2, 0) is 13.1 Å². The highest BCUT2D eigenvalue weighted by molar-refractivity contribution is 5.06. The molecular weight excluding hydrogens is 228 g/mol. The largest absolute Gasteiger partial charge is 0.463 e. The summed E-state index contributed by atoms with van der Waals surface area (Å²) in [6.07, 6.45) is -3.67. The quantitative estimate of drug-likeness (QED) is 0.744. The molecule has 92 valence electrons. The van der Waals surface area contributed by atoms with E-state index in [9.17, 15) is 17.6 Å². The van der Waals surface area contributed by atoms with E-state index in [1.165, 1.54) is 0 Å². The molecule has 0 aromatic carbocycles. The first-order valence-electron chi connectivity index (χ1n) is 4.60. The average molecular weight is 240 g/mol. The molecular formula is C9H12F4N2O. The maximum Gasteiger partial charge on any atom is 0.319 e. The minimum absolute atomic E-state index is 0.0394. The Kier molecular flexibility index (Phi) is 4.31. The molecule has 0 saturated heterocycles. The van der Waals surface area contributed by atoms with Gasteiger partial charge in [0.15, 0.2) is 0 Å². The van der Waals surface area contributed by atoms with Crippen LogP contribution in [-0.4, -0.2) is 18.9 Å². The predicted molar refractivity (Wildman–Crippen MR) is 49.3 cm³/mol. The van der Waals surface area contributed by atoms with Crippen molar-refractivity contribution in [3.63, 3.8) is 0 Å². The second kappa shape index (κ2) is 5.31. The molecule has 7 heteroatoms. The Morgan fingerprint density at radius 2 is 1.94 bits per heavy atom. The molecule has 0 bridgehead atoms. The van der Waals surface area contributed by atoms with Crippen molar-refractivity contribution in [3.05, 3.63) is 23.7 Å². The van der Waals surface area contributed by atoms with E-state index in [1.807, 2.05) is 0 Å². The second-order valence-corrected chi connectivity index (χ2v) is 3.24. The van der Waals surface area contributed by atoms with Crippen molar-refractivity contribution in [2.75, 3.05) is 6.54 Å². The third-order valence-corrected chi connectivity index (χ3v) is 1.90. The normalized spacial score (nSPS) is 12.4. The van der Waals surface area contributed by atoms with Crippen molar-refractivity contribution in [2.45, 2.75) is 25.4 Å². The molecule has 3 N–H and O–H groups in total. The summed E-state index contributed by atoms with van der Waals surface area (Å²) in [5.74, 6) is -3.13. The summed E-state index contributed by atoms with van der Waals surface area (Å²) >= 11 is 0. The highest BCUT2D eigenvalue weighted by atomic mass is 19.3. The number of rotatable bonds is 6. The van der Waals surface area contributed by atoms with Crippen LogP contribution in [0.2, 0.25) is 0 Å². The van der Waals surface area contributed by atoms with Gasteiger partial charge < -0.3 is 15.5 Å². The molecule has 16 heavy (non-hydrogen) atoms. The molecule has 0 radical (unpaired) electrons. The fourth-order valence-electron chi connectivity index (χ4n) is 1.06. The van der Waals surface area contributed by atoms with Gasteiger partial charge in [-0.1, -0.05) is 0 Å². The summed E-state index contributed by atoms with van der Waals surface area (Å²) in [6, 6.07) is 3.15. The number of furan rings is 1. The Hall–Kier alpha value is -1.08. The van der Waals surface area contributed by atoms with Gasteiger partial charge in [0.1, 0.15) is 11.5 Å². The first-order chi connectivity index (χ1) is 7.45. The molecule has 0 spiro atoms. The summed E-state index contributed by atoms with van der Waals surface area (Å²) < 4.78 is 53.5. The first kappa shape index (κ1) is 13.0. The standard InChI is InChI=1S/C9H12F4N2O/c10-8(11)9(12,13)5-15-4-7-2-1-6(3-14)16-7/h1-2,8,15H,3-5,14H2. The van der Waals surface area contributed by atoms with Gasteiger partial charge in [0.25, 0.3) is 0 Å².